The fourth-order valence-corrected chi connectivity index (χ4v) is 2.35. The average Bonchev–Trinajstić information content (AvgIpc) is 2.75. The Morgan fingerprint density at radius 1 is 1.38 bits per heavy atom. The molecule has 0 radical (unpaired) electrons. The van der Waals surface area contributed by atoms with Crippen LogP contribution in [0.5, 0.6) is 0 Å². The number of ether oxygens (including phenoxy) is 1. The predicted octanol–water partition coefficient (Wildman–Crippen LogP) is 0.767. The minimum atomic E-state index is 0.00540. The lowest BCUT2D eigenvalue weighted by molar-refractivity contribution is -0.131. The van der Waals surface area contributed by atoms with Crippen LogP contribution in [0.4, 0.5) is 0 Å². The van der Waals surface area contributed by atoms with Gasteiger partial charge in [-0.15, -0.1) is 0 Å². The van der Waals surface area contributed by atoms with Crippen molar-refractivity contribution in [1.29, 1.82) is 0 Å². The molecular weight excluding hydrogens is 204 g/mol. The molecule has 1 N–H and O–H groups in total. The van der Waals surface area contributed by atoms with Gasteiger partial charge < -0.3 is 15.0 Å². The van der Waals surface area contributed by atoms with Gasteiger partial charge in [-0.1, -0.05) is 0 Å². The maximum Gasteiger partial charge on any atom is 0.236 e. The zero-order valence-corrected chi connectivity index (χ0v) is 10.1. The third-order valence-corrected chi connectivity index (χ3v) is 3.59. The van der Waals surface area contributed by atoms with Crippen LogP contribution in [0.1, 0.15) is 32.6 Å². The summed E-state index contributed by atoms with van der Waals surface area (Å²) in [6.07, 6.45) is 4.58. The first-order valence-electron chi connectivity index (χ1n) is 6.30. The van der Waals surface area contributed by atoms with Gasteiger partial charge in [0.05, 0.1) is 13.2 Å². The van der Waals surface area contributed by atoms with Gasteiger partial charge in [-0.3, -0.25) is 4.79 Å². The molecule has 92 valence electrons. The smallest absolute Gasteiger partial charge is 0.236 e. The van der Waals surface area contributed by atoms with E-state index in [-0.39, 0.29) is 11.4 Å². The van der Waals surface area contributed by atoms with Gasteiger partial charge in [-0.05, 0) is 32.6 Å². The van der Waals surface area contributed by atoms with E-state index in [1.165, 1.54) is 6.42 Å². The van der Waals surface area contributed by atoms with E-state index in [9.17, 15) is 4.79 Å². The molecule has 1 unspecified atom stereocenters. The van der Waals surface area contributed by atoms with E-state index in [0.717, 1.165) is 45.6 Å². The number of hydrogen-bond donors (Lipinski definition) is 1. The molecule has 4 heteroatoms. The lowest BCUT2D eigenvalue weighted by Gasteiger charge is -2.29. The highest BCUT2D eigenvalue weighted by atomic mass is 16.5. The number of nitrogens with zero attached hydrogens (tertiary/aromatic N) is 1. The van der Waals surface area contributed by atoms with Crippen LogP contribution >= 0.6 is 0 Å². The summed E-state index contributed by atoms with van der Waals surface area (Å²) < 4.78 is 5.35. The molecular formula is C12H22N2O2. The number of piperidine rings is 1. The highest BCUT2D eigenvalue weighted by Gasteiger charge is 2.30. The van der Waals surface area contributed by atoms with Crippen LogP contribution in [0.3, 0.4) is 0 Å². The van der Waals surface area contributed by atoms with Crippen molar-refractivity contribution in [2.75, 3.05) is 32.8 Å². The largest absolute Gasteiger partial charge is 0.379 e. The first-order chi connectivity index (χ1) is 7.70. The lowest BCUT2D eigenvalue weighted by Crippen LogP contribution is -2.49. The van der Waals surface area contributed by atoms with Crippen LogP contribution < -0.4 is 5.32 Å². The Bertz CT molecular complexity index is 243. The van der Waals surface area contributed by atoms with E-state index in [2.05, 4.69) is 12.2 Å². The van der Waals surface area contributed by atoms with E-state index in [1.807, 2.05) is 4.90 Å². The summed E-state index contributed by atoms with van der Waals surface area (Å²) in [6, 6.07) is 0. The molecule has 0 aliphatic carbocycles. The minimum absolute atomic E-state index is 0.00540. The normalized spacial score (nSPS) is 30.7. The van der Waals surface area contributed by atoms with Crippen LogP contribution in [-0.4, -0.2) is 49.2 Å². The van der Waals surface area contributed by atoms with Crippen LogP contribution in [0.2, 0.25) is 0 Å². The summed E-state index contributed by atoms with van der Waals surface area (Å²) in [7, 11) is 0. The van der Waals surface area contributed by atoms with Crippen LogP contribution in [-0.2, 0) is 9.53 Å². The molecule has 2 rings (SSSR count). The van der Waals surface area contributed by atoms with Crippen LogP contribution in [0.15, 0.2) is 0 Å². The number of rotatable bonds is 3. The number of nitrogens with one attached hydrogen (secondary N) is 1. The molecule has 2 aliphatic heterocycles. The van der Waals surface area contributed by atoms with Gasteiger partial charge in [-0.2, -0.15) is 0 Å². The van der Waals surface area contributed by atoms with E-state index in [1.54, 1.807) is 0 Å². The van der Waals surface area contributed by atoms with Gasteiger partial charge in [0.1, 0.15) is 0 Å². The van der Waals surface area contributed by atoms with Crippen molar-refractivity contribution in [3.63, 3.8) is 0 Å². The Morgan fingerprint density at radius 3 is 2.75 bits per heavy atom. The van der Waals surface area contributed by atoms with Gasteiger partial charge in [0, 0.05) is 25.2 Å². The topological polar surface area (TPSA) is 41.6 Å². The van der Waals surface area contributed by atoms with Crippen LogP contribution in [0.25, 0.3) is 0 Å². The fraction of sp³-hybridized carbons (Fsp3) is 0.917. The first-order valence-corrected chi connectivity index (χ1v) is 6.30. The molecule has 2 aliphatic rings. The Kier molecular flexibility index (Phi) is 3.82. The van der Waals surface area contributed by atoms with E-state index < -0.39 is 0 Å². The summed E-state index contributed by atoms with van der Waals surface area (Å²) in [4.78, 5) is 13.9. The summed E-state index contributed by atoms with van der Waals surface area (Å²) in [6.45, 7) is 5.99. The SMILES string of the molecule is CC1(NCC(=O)N2CCCCC2)CCOC1. The highest BCUT2D eigenvalue weighted by Crippen LogP contribution is 2.17. The number of carbonyl (C=O) groups is 1. The van der Waals surface area contributed by atoms with Crippen molar-refractivity contribution in [3.8, 4) is 0 Å². The maximum atomic E-state index is 11.9. The molecule has 2 saturated heterocycles. The zero-order valence-electron chi connectivity index (χ0n) is 10.1. The second kappa shape index (κ2) is 5.15. The first kappa shape index (κ1) is 11.9. The molecule has 1 atom stereocenters. The molecule has 2 heterocycles. The Balaban J connectivity index is 1.74. The van der Waals surface area contributed by atoms with E-state index in [0.29, 0.717) is 6.54 Å². The number of hydrogen-bond acceptors (Lipinski definition) is 3. The second-order valence-electron chi connectivity index (χ2n) is 5.16. The molecule has 0 bridgehead atoms. The van der Waals surface area contributed by atoms with Gasteiger partial charge in [-0.25, -0.2) is 0 Å². The highest BCUT2D eigenvalue weighted by molar-refractivity contribution is 5.78. The summed E-state index contributed by atoms with van der Waals surface area (Å²) in [5.74, 6) is 0.243. The van der Waals surface area contributed by atoms with Crippen molar-refractivity contribution in [2.24, 2.45) is 0 Å². The summed E-state index contributed by atoms with van der Waals surface area (Å²) in [5.41, 5.74) is 0.00540. The van der Waals surface area contributed by atoms with Crippen molar-refractivity contribution in [1.82, 2.24) is 10.2 Å². The molecule has 0 saturated carbocycles. The third-order valence-electron chi connectivity index (χ3n) is 3.59. The van der Waals surface area contributed by atoms with Crippen molar-refractivity contribution in [3.05, 3.63) is 0 Å². The lowest BCUT2D eigenvalue weighted by atomic mass is 10.0. The Labute approximate surface area is 97.3 Å². The number of likely N-dealkylation sites (tertiary alicyclic amines) is 1. The summed E-state index contributed by atoms with van der Waals surface area (Å²) in [5, 5.41) is 3.34. The van der Waals surface area contributed by atoms with Gasteiger partial charge in [0.25, 0.3) is 0 Å². The van der Waals surface area contributed by atoms with Gasteiger partial charge in [0.2, 0.25) is 5.91 Å². The predicted molar refractivity (Wildman–Crippen MR) is 62.3 cm³/mol. The summed E-state index contributed by atoms with van der Waals surface area (Å²) >= 11 is 0. The average molecular weight is 226 g/mol. The van der Waals surface area contributed by atoms with Crippen LogP contribution in [0, 0.1) is 0 Å². The molecule has 1 amide bonds. The molecule has 0 aromatic carbocycles. The van der Waals surface area contributed by atoms with Gasteiger partial charge in [0.15, 0.2) is 0 Å². The molecule has 4 nitrogen and oxygen atoms in total. The molecule has 2 fully saturated rings. The standard InChI is InChI=1S/C12H22N2O2/c1-12(5-8-16-10-12)13-9-11(15)14-6-3-2-4-7-14/h13H,2-10H2,1H3. The van der Waals surface area contributed by atoms with Crippen molar-refractivity contribution < 1.29 is 9.53 Å². The fourth-order valence-electron chi connectivity index (χ4n) is 2.35. The quantitative estimate of drug-likeness (QED) is 0.773. The third kappa shape index (κ3) is 2.95. The molecule has 0 aromatic heterocycles. The number of amides is 1. The van der Waals surface area contributed by atoms with E-state index >= 15 is 0 Å². The van der Waals surface area contributed by atoms with E-state index in [4.69, 9.17) is 4.74 Å². The molecule has 0 spiro atoms. The van der Waals surface area contributed by atoms with Crippen molar-refractivity contribution in [2.45, 2.75) is 38.1 Å². The minimum Gasteiger partial charge on any atom is -0.379 e. The Hall–Kier alpha value is -0.610. The molecule has 16 heavy (non-hydrogen) atoms. The molecule has 0 aromatic rings. The number of carbonyl (C=O) groups excluding carboxylic acids is 1. The maximum absolute atomic E-state index is 11.9. The second-order valence-corrected chi connectivity index (χ2v) is 5.16. The Morgan fingerprint density at radius 2 is 2.12 bits per heavy atom. The van der Waals surface area contributed by atoms with Gasteiger partial charge >= 0.3 is 0 Å². The zero-order chi connectivity index (χ0) is 11.4. The van der Waals surface area contributed by atoms with Crippen molar-refractivity contribution >= 4 is 5.91 Å². The monoisotopic (exact) mass is 226 g/mol.